The summed E-state index contributed by atoms with van der Waals surface area (Å²) in [6.45, 7) is 1.53. The molecule has 146 valence electrons. The van der Waals surface area contributed by atoms with E-state index in [1.54, 1.807) is 31.3 Å². The highest BCUT2D eigenvalue weighted by Crippen LogP contribution is 2.33. The Hall–Kier alpha value is -3.28. The van der Waals surface area contributed by atoms with Crippen molar-refractivity contribution in [3.8, 4) is 11.8 Å². The maximum Gasteiger partial charge on any atom is 0.338 e. The number of ether oxygens (including phenoxy) is 1. The fraction of sp³-hybridized carbons (Fsp3) is 0.474. The molecule has 0 saturated heterocycles. The zero-order chi connectivity index (χ0) is 20.1. The van der Waals surface area contributed by atoms with Gasteiger partial charge in [-0.1, -0.05) is 19.3 Å². The summed E-state index contributed by atoms with van der Waals surface area (Å²) in [5.41, 5.74) is 0.189. The quantitative estimate of drug-likeness (QED) is 0.725. The topological polar surface area (TPSA) is 114 Å². The lowest BCUT2D eigenvalue weighted by Crippen LogP contribution is -2.53. The van der Waals surface area contributed by atoms with E-state index in [1.165, 1.54) is 22.8 Å². The smallest absolute Gasteiger partial charge is 0.338 e. The lowest BCUT2D eigenvalue weighted by molar-refractivity contribution is -0.143. The first-order chi connectivity index (χ1) is 13.5. The summed E-state index contributed by atoms with van der Waals surface area (Å²) in [6, 6.07) is 8.82. The second kappa shape index (κ2) is 8.17. The van der Waals surface area contributed by atoms with Crippen LogP contribution in [0.4, 0.5) is 0 Å². The Kier molecular flexibility index (Phi) is 5.68. The minimum atomic E-state index is -0.983. The van der Waals surface area contributed by atoms with Crippen molar-refractivity contribution < 1.29 is 14.3 Å². The molecule has 1 atom stereocenters. The van der Waals surface area contributed by atoms with Crippen molar-refractivity contribution in [2.75, 3.05) is 7.05 Å². The first-order valence-corrected chi connectivity index (χ1v) is 9.20. The molecule has 1 aliphatic carbocycles. The predicted octanol–water partition coefficient (Wildman–Crippen LogP) is 1.89. The lowest BCUT2D eigenvalue weighted by Gasteiger charge is -2.39. The number of aromatic nitrogens is 4. The minimum absolute atomic E-state index is 0.312. The van der Waals surface area contributed by atoms with Gasteiger partial charge in [0.1, 0.15) is 11.9 Å². The van der Waals surface area contributed by atoms with Crippen LogP contribution in [0.1, 0.15) is 49.4 Å². The Morgan fingerprint density at radius 2 is 1.93 bits per heavy atom. The van der Waals surface area contributed by atoms with Crippen LogP contribution >= 0.6 is 0 Å². The molecule has 9 heteroatoms. The Bertz CT molecular complexity index is 866. The van der Waals surface area contributed by atoms with Gasteiger partial charge < -0.3 is 9.64 Å². The first-order valence-electron chi connectivity index (χ1n) is 9.20. The van der Waals surface area contributed by atoms with Gasteiger partial charge in [0.05, 0.1) is 17.3 Å². The van der Waals surface area contributed by atoms with Gasteiger partial charge in [-0.05, 0) is 54.5 Å². The van der Waals surface area contributed by atoms with E-state index in [0.29, 0.717) is 24.1 Å². The molecule has 0 radical (unpaired) electrons. The number of hydrogen-bond acceptors (Lipinski definition) is 7. The highest BCUT2D eigenvalue weighted by atomic mass is 16.5. The molecule has 1 aromatic carbocycles. The average molecular weight is 382 g/mol. The molecule has 3 rings (SSSR count). The Morgan fingerprint density at radius 3 is 2.50 bits per heavy atom. The van der Waals surface area contributed by atoms with Crippen molar-refractivity contribution in [2.45, 2.75) is 50.7 Å². The van der Waals surface area contributed by atoms with Crippen molar-refractivity contribution in [3.05, 3.63) is 36.2 Å². The standard InChI is InChI=1S/C19H22N6O3/c1-14(17(26)24(2)19(12-20)10-4-3-5-11-19)28-18(27)15-6-8-16(9-7-15)25-13-21-22-23-25/h6-9,13-14H,3-5,10-11H2,1-2H3/t14-/m1/s1. The molecule has 0 bridgehead atoms. The normalized spacial score (nSPS) is 16.6. The molecule has 0 N–H and O–H groups in total. The molecule has 1 amide bonds. The number of tetrazole rings is 1. The molecule has 0 unspecified atom stereocenters. The molecule has 1 fully saturated rings. The van der Waals surface area contributed by atoms with Crippen molar-refractivity contribution in [2.24, 2.45) is 0 Å². The van der Waals surface area contributed by atoms with Gasteiger partial charge in [-0.15, -0.1) is 5.10 Å². The van der Waals surface area contributed by atoms with E-state index in [9.17, 15) is 14.9 Å². The van der Waals surface area contributed by atoms with Crippen molar-refractivity contribution in [3.63, 3.8) is 0 Å². The summed E-state index contributed by atoms with van der Waals surface area (Å²) in [5, 5.41) is 20.5. The third-order valence-electron chi connectivity index (χ3n) is 5.21. The fourth-order valence-electron chi connectivity index (χ4n) is 3.45. The fourth-order valence-corrected chi connectivity index (χ4v) is 3.45. The van der Waals surface area contributed by atoms with Gasteiger partial charge in [0.15, 0.2) is 6.10 Å². The van der Waals surface area contributed by atoms with Crippen LogP contribution in [-0.4, -0.2) is 55.7 Å². The van der Waals surface area contributed by atoms with E-state index < -0.39 is 17.6 Å². The number of amides is 1. The molecule has 1 aromatic heterocycles. The van der Waals surface area contributed by atoms with Crippen LogP contribution < -0.4 is 0 Å². The second-order valence-electron chi connectivity index (χ2n) is 6.95. The van der Waals surface area contributed by atoms with Gasteiger partial charge in [-0.2, -0.15) is 5.26 Å². The zero-order valence-electron chi connectivity index (χ0n) is 15.9. The Morgan fingerprint density at radius 1 is 1.25 bits per heavy atom. The number of likely N-dealkylation sites (N-methyl/N-ethyl adjacent to an activating group) is 1. The van der Waals surface area contributed by atoms with Crippen LogP contribution in [0.15, 0.2) is 30.6 Å². The van der Waals surface area contributed by atoms with Gasteiger partial charge in [-0.3, -0.25) is 4.79 Å². The summed E-state index contributed by atoms with van der Waals surface area (Å²) in [7, 11) is 1.61. The molecule has 9 nitrogen and oxygen atoms in total. The van der Waals surface area contributed by atoms with E-state index in [1.807, 2.05) is 0 Å². The third-order valence-corrected chi connectivity index (χ3v) is 5.21. The molecular formula is C19H22N6O3. The van der Waals surface area contributed by atoms with Gasteiger partial charge in [0, 0.05) is 7.05 Å². The van der Waals surface area contributed by atoms with E-state index in [4.69, 9.17) is 4.74 Å². The van der Waals surface area contributed by atoms with Crippen molar-refractivity contribution >= 4 is 11.9 Å². The number of rotatable bonds is 5. The number of hydrogen-bond donors (Lipinski definition) is 0. The predicted molar refractivity (Wildman–Crippen MR) is 98.2 cm³/mol. The minimum Gasteiger partial charge on any atom is -0.449 e. The van der Waals surface area contributed by atoms with Gasteiger partial charge in [0.2, 0.25) is 0 Å². The number of esters is 1. The maximum absolute atomic E-state index is 12.8. The summed E-state index contributed by atoms with van der Waals surface area (Å²) in [6.07, 6.45) is 4.64. The molecule has 28 heavy (non-hydrogen) atoms. The molecular weight excluding hydrogens is 360 g/mol. The van der Waals surface area contributed by atoms with Crippen molar-refractivity contribution in [1.82, 2.24) is 25.1 Å². The molecule has 2 aromatic rings. The summed E-state index contributed by atoms with van der Waals surface area (Å²) < 4.78 is 6.80. The highest BCUT2D eigenvalue weighted by Gasteiger charge is 2.40. The van der Waals surface area contributed by atoms with Crippen LogP contribution in [0.5, 0.6) is 0 Å². The van der Waals surface area contributed by atoms with Gasteiger partial charge in [-0.25, -0.2) is 9.48 Å². The number of carbonyl (C=O) groups is 2. The SMILES string of the molecule is C[C@@H](OC(=O)c1ccc(-n2cnnn2)cc1)C(=O)N(C)C1(C#N)CCCCC1. The van der Waals surface area contributed by atoms with Crippen LogP contribution in [0.2, 0.25) is 0 Å². The Balaban J connectivity index is 1.64. The van der Waals surface area contributed by atoms with Crippen LogP contribution in [-0.2, 0) is 9.53 Å². The van der Waals surface area contributed by atoms with E-state index >= 15 is 0 Å². The lowest BCUT2D eigenvalue weighted by atomic mass is 9.81. The van der Waals surface area contributed by atoms with E-state index in [0.717, 1.165) is 19.3 Å². The number of nitriles is 1. The number of carbonyl (C=O) groups excluding carboxylic acids is 2. The zero-order valence-corrected chi connectivity index (χ0v) is 15.9. The third kappa shape index (κ3) is 3.86. The summed E-state index contributed by atoms with van der Waals surface area (Å²) in [5.74, 6) is -0.978. The van der Waals surface area contributed by atoms with Crippen molar-refractivity contribution in [1.29, 1.82) is 5.26 Å². The average Bonchev–Trinajstić information content (AvgIpc) is 3.28. The Labute approximate surface area is 162 Å². The maximum atomic E-state index is 12.8. The molecule has 1 aliphatic rings. The largest absolute Gasteiger partial charge is 0.449 e. The van der Waals surface area contributed by atoms with Crippen LogP contribution in [0, 0.1) is 11.3 Å². The molecule has 0 spiro atoms. The monoisotopic (exact) mass is 382 g/mol. The molecule has 1 saturated carbocycles. The van der Waals surface area contributed by atoms with Gasteiger partial charge >= 0.3 is 5.97 Å². The van der Waals surface area contributed by atoms with E-state index in [2.05, 4.69) is 21.6 Å². The first kappa shape index (κ1) is 19.5. The highest BCUT2D eigenvalue weighted by molar-refractivity contribution is 5.92. The number of benzene rings is 1. The summed E-state index contributed by atoms with van der Waals surface area (Å²) in [4.78, 5) is 26.6. The van der Waals surface area contributed by atoms with Crippen LogP contribution in [0.25, 0.3) is 5.69 Å². The van der Waals surface area contributed by atoms with E-state index in [-0.39, 0.29) is 5.91 Å². The van der Waals surface area contributed by atoms with Crippen LogP contribution in [0.3, 0.4) is 0 Å². The summed E-state index contributed by atoms with van der Waals surface area (Å²) >= 11 is 0. The molecule has 0 aliphatic heterocycles. The second-order valence-corrected chi connectivity index (χ2v) is 6.95. The number of nitrogens with zero attached hydrogens (tertiary/aromatic N) is 6. The molecule has 1 heterocycles. The van der Waals surface area contributed by atoms with Gasteiger partial charge in [0.25, 0.3) is 5.91 Å².